The first-order valence-electron chi connectivity index (χ1n) is 7.31. The van der Waals surface area contributed by atoms with Crippen molar-refractivity contribution >= 4 is 11.6 Å². The van der Waals surface area contributed by atoms with E-state index in [0.717, 1.165) is 11.1 Å². The molecule has 3 rings (SSSR count). The Hall–Kier alpha value is -1.51. The molecule has 3 heteroatoms. The molecule has 2 aromatic rings. The molecule has 2 nitrogen and oxygen atoms in total. The maximum Gasteiger partial charge on any atom is 0.137 e. The molecule has 0 amide bonds. The van der Waals surface area contributed by atoms with E-state index in [4.69, 9.17) is 16.3 Å². The lowest BCUT2D eigenvalue weighted by molar-refractivity contribution is 0.217. The van der Waals surface area contributed by atoms with Crippen LogP contribution in [-0.4, -0.2) is 12.2 Å². The molecule has 1 aliphatic rings. The molecule has 1 unspecified atom stereocenters. The third-order valence-corrected chi connectivity index (χ3v) is 4.62. The number of ether oxygens (including phenoxy) is 1. The summed E-state index contributed by atoms with van der Waals surface area (Å²) in [5.41, 5.74) is 3.05. The van der Waals surface area contributed by atoms with Crippen molar-refractivity contribution < 1.29 is 9.84 Å². The zero-order valence-corrected chi connectivity index (χ0v) is 12.8. The van der Waals surface area contributed by atoms with Gasteiger partial charge in [0.05, 0.1) is 12.1 Å². The summed E-state index contributed by atoms with van der Waals surface area (Å²) in [5.74, 6) is 1.21. The van der Waals surface area contributed by atoms with Crippen LogP contribution in [0.25, 0.3) is 0 Å². The topological polar surface area (TPSA) is 29.5 Å². The molecule has 21 heavy (non-hydrogen) atoms. The summed E-state index contributed by atoms with van der Waals surface area (Å²) in [5, 5.41) is 11.3. The summed E-state index contributed by atoms with van der Waals surface area (Å²) >= 11 is 6.17. The molecule has 0 saturated heterocycles. The van der Waals surface area contributed by atoms with Gasteiger partial charge in [-0.25, -0.2) is 0 Å². The molecule has 1 fully saturated rings. The fraction of sp³-hybridized carbons (Fsp3) is 0.333. The Morgan fingerprint density at radius 2 is 1.95 bits per heavy atom. The number of halogens is 1. The maximum atomic E-state index is 10.7. The van der Waals surface area contributed by atoms with E-state index in [2.05, 4.69) is 6.07 Å². The number of aliphatic hydroxyl groups excluding tert-OH is 1. The van der Waals surface area contributed by atoms with Gasteiger partial charge < -0.3 is 9.84 Å². The fourth-order valence-corrected chi connectivity index (χ4v) is 3.15. The Bertz CT molecular complexity index is 635. The van der Waals surface area contributed by atoms with Gasteiger partial charge in [-0.3, -0.25) is 0 Å². The monoisotopic (exact) mass is 302 g/mol. The van der Waals surface area contributed by atoms with Gasteiger partial charge in [0.2, 0.25) is 0 Å². The highest BCUT2D eigenvalue weighted by atomic mass is 35.5. The van der Waals surface area contributed by atoms with Crippen molar-refractivity contribution in [2.45, 2.75) is 31.3 Å². The molecular weight excluding hydrogens is 284 g/mol. The molecule has 1 aliphatic carbocycles. The van der Waals surface area contributed by atoms with Crippen molar-refractivity contribution in [2.75, 3.05) is 7.11 Å². The van der Waals surface area contributed by atoms with Crippen LogP contribution < -0.4 is 4.74 Å². The van der Waals surface area contributed by atoms with Crippen LogP contribution in [0.1, 0.15) is 48.0 Å². The predicted octanol–water partition coefficient (Wildman–Crippen LogP) is 4.70. The molecule has 1 atom stereocenters. The number of hydrogen-bond donors (Lipinski definition) is 1. The molecule has 0 radical (unpaired) electrons. The summed E-state index contributed by atoms with van der Waals surface area (Å²) < 4.78 is 5.16. The van der Waals surface area contributed by atoms with Crippen molar-refractivity contribution in [2.24, 2.45) is 0 Å². The van der Waals surface area contributed by atoms with Crippen molar-refractivity contribution in [3.8, 4) is 5.75 Å². The van der Waals surface area contributed by atoms with E-state index >= 15 is 0 Å². The zero-order valence-electron chi connectivity index (χ0n) is 12.1. The van der Waals surface area contributed by atoms with Crippen LogP contribution in [0.4, 0.5) is 0 Å². The summed E-state index contributed by atoms with van der Waals surface area (Å²) in [4.78, 5) is 0. The van der Waals surface area contributed by atoms with Crippen LogP contribution in [0.5, 0.6) is 5.75 Å². The van der Waals surface area contributed by atoms with Gasteiger partial charge in [0.15, 0.2) is 0 Å². The summed E-state index contributed by atoms with van der Waals surface area (Å²) in [6.45, 7) is 0. The van der Waals surface area contributed by atoms with E-state index < -0.39 is 6.10 Å². The molecule has 2 aromatic carbocycles. The highest BCUT2D eigenvalue weighted by Gasteiger charge is 2.25. The first-order valence-corrected chi connectivity index (χ1v) is 7.69. The predicted molar refractivity (Wildman–Crippen MR) is 85.1 cm³/mol. The molecule has 0 heterocycles. The van der Waals surface area contributed by atoms with Crippen LogP contribution in [0.15, 0.2) is 42.5 Å². The smallest absolute Gasteiger partial charge is 0.137 e. The molecule has 0 aliphatic heterocycles. The zero-order chi connectivity index (χ0) is 14.8. The second-order valence-electron chi connectivity index (χ2n) is 5.55. The third-order valence-electron chi connectivity index (χ3n) is 4.33. The minimum absolute atomic E-state index is 0.523. The van der Waals surface area contributed by atoms with Gasteiger partial charge in [-0.05, 0) is 47.6 Å². The summed E-state index contributed by atoms with van der Waals surface area (Å²) in [6.07, 6.45) is 3.06. The minimum atomic E-state index is -0.648. The van der Waals surface area contributed by atoms with Crippen molar-refractivity contribution in [3.05, 3.63) is 64.2 Å². The minimum Gasteiger partial charge on any atom is -0.495 e. The van der Waals surface area contributed by atoms with Gasteiger partial charge in [-0.2, -0.15) is 0 Å². The van der Waals surface area contributed by atoms with Gasteiger partial charge in [-0.1, -0.05) is 48.4 Å². The average Bonchev–Trinajstić information content (AvgIpc) is 2.45. The van der Waals surface area contributed by atoms with Crippen LogP contribution in [0.3, 0.4) is 0 Å². The first-order chi connectivity index (χ1) is 10.2. The van der Waals surface area contributed by atoms with E-state index in [1.54, 1.807) is 19.2 Å². The summed E-state index contributed by atoms with van der Waals surface area (Å²) in [6, 6.07) is 13.6. The molecule has 1 saturated carbocycles. The third kappa shape index (κ3) is 2.78. The lowest BCUT2D eigenvalue weighted by Gasteiger charge is -2.29. The van der Waals surface area contributed by atoms with Crippen molar-refractivity contribution in [1.82, 2.24) is 0 Å². The largest absolute Gasteiger partial charge is 0.495 e. The van der Waals surface area contributed by atoms with Gasteiger partial charge in [0.25, 0.3) is 0 Å². The van der Waals surface area contributed by atoms with Crippen molar-refractivity contribution in [3.63, 3.8) is 0 Å². The molecule has 0 bridgehead atoms. The number of hydrogen-bond acceptors (Lipinski definition) is 2. The SMILES string of the molecule is COc1ccc(C(O)c2ccccc2C2CCC2)cc1Cl. The lowest BCUT2D eigenvalue weighted by Crippen LogP contribution is -2.13. The Morgan fingerprint density at radius 3 is 2.57 bits per heavy atom. The van der Waals surface area contributed by atoms with Crippen molar-refractivity contribution in [1.29, 1.82) is 0 Å². The van der Waals surface area contributed by atoms with Gasteiger partial charge in [-0.15, -0.1) is 0 Å². The molecule has 0 aromatic heterocycles. The van der Waals surface area contributed by atoms with Crippen LogP contribution >= 0.6 is 11.6 Å². The Kier molecular flexibility index (Phi) is 4.18. The standard InChI is InChI=1S/C18H19ClO2/c1-21-17-10-9-13(11-16(17)19)18(20)15-8-3-2-7-14(15)12-5-4-6-12/h2-3,7-12,18,20H,4-6H2,1H3. The Labute approximate surface area is 130 Å². The van der Waals surface area contributed by atoms with Crippen LogP contribution in [0, 0.1) is 0 Å². The highest BCUT2D eigenvalue weighted by Crippen LogP contribution is 2.41. The quantitative estimate of drug-likeness (QED) is 0.887. The Morgan fingerprint density at radius 1 is 1.19 bits per heavy atom. The van der Waals surface area contributed by atoms with E-state index in [9.17, 15) is 5.11 Å². The summed E-state index contributed by atoms with van der Waals surface area (Å²) in [7, 11) is 1.59. The second-order valence-corrected chi connectivity index (χ2v) is 5.96. The number of aliphatic hydroxyl groups is 1. The van der Waals surface area contributed by atoms with Crippen LogP contribution in [0.2, 0.25) is 5.02 Å². The highest BCUT2D eigenvalue weighted by molar-refractivity contribution is 6.32. The number of rotatable bonds is 4. The van der Waals surface area contributed by atoms with E-state index in [0.29, 0.717) is 16.7 Å². The van der Waals surface area contributed by atoms with Crippen LogP contribution in [-0.2, 0) is 0 Å². The molecule has 1 N–H and O–H groups in total. The van der Waals surface area contributed by atoms with E-state index in [1.165, 1.54) is 24.8 Å². The maximum absolute atomic E-state index is 10.7. The molecular formula is C18H19ClO2. The van der Waals surface area contributed by atoms with Gasteiger partial charge >= 0.3 is 0 Å². The normalized spacial score (nSPS) is 16.3. The lowest BCUT2D eigenvalue weighted by atomic mass is 9.77. The van der Waals surface area contributed by atoms with E-state index in [-0.39, 0.29) is 0 Å². The first kappa shape index (κ1) is 14.4. The van der Waals surface area contributed by atoms with Gasteiger partial charge in [0.1, 0.15) is 11.9 Å². The van der Waals surface area contributed by atoms with Gasteiger partial charge in [0, 0.05) is 0 Å². The Balaban J connectivity index is 1.94. The second kappa shape index (κ2) is 6.08. The number of methoxy groups -OCH3 is 1. The number of benzene rings is 2. The van der Waals surface area contributed by atoms with E-state index in [1.807, 2.05) is 24.3 Å². The average molecular weight is 303 g/mol. The molecule has 110 valence electrons. The molecule has 0 spiro atoms. The fourth-order valence-electron chi connectivity index (χ4n) is 2.88.